The van der Waals surface area contributed by atoms with E-state index in [1.54, 1.807) is 38.3 Å². The molecule has 0 saturated heterocycles. The van der Waals surface area contributed by atoms with Crippen LogP contribution in [0.1, 0.15) is 13.3 Å². The van der Waals surface area contributed by atoms with Crippen molar-refractivity contribution < 1.29 is 29.0 Å². The molecule has 0 bridgehead atoms. The maximum absolute atomic E-state index is 11.6. The van der Waals surface area contributed by atoms with Gasteiger partial charge in [0.2, 0.25) is 5.91 Å². The molecule has 0 fully saturated rings. The smallest absolute Gasteiger partial charge is 0.326 e. The molecule has 1 unspecified atom stereocenters. The van der Waals surface area contributed by atoms with E-state index >= 15 is 0 Å². The molecule has 2 amide bonds. The minimum atomic E-state index is -1.12. The highest BCUT2D eigenvalue weighted by atomic mass is 16.5. The van der Waals surface area contributed by atoms with Gasteiger partial charge in [-0.15, -0.1) is 0 Å². The van der Waals surface area contributed by atoms with E-state index in [0.29, 0.717) is 11.5 Å². The summed E-state index contributed by atoms with van der Waals surface area (Å²) in [5.41, 5.74) is 0. The molecule has 1 aromatic rings. The number of amides is 2. The van der Waals surface area contributed by atoms with Gasteiger partial charge in [-0.2, -0.15) is 0 Å². The van der Waals surface area contributed by atoms with Crippen molar-refractivity contribution in [2.75, 3.05) is 20.3 Å². The quantitative estimate of drug-likeness (QED) is 0.596. The highest BCUT2D eigenvalue weighted by Gasteiger charge is 2.17. The van der Waals surface area contributed by atoms with Gasteiger partial charge in [0.05, 0.1) is 13.7 Å². The van der Waals surface area contributed by atoms with Crippen LogP contribution in [0.2, 0.25) is 0 Å². The Hall–Kier alpha value is -2.77. The van der Waals surface area contributed by atoms with Gasteiger partial charge >= 0.3 is 5.97 Å². The van der Waals surface area contributed by atoms with Gasteiger partial charge < -0.3 is 25.2 Å². The summed E-state index contributed by atoms with van der Waals surface area (Å²) in [4.78, 5) is 33.9. The highest BCUT2D eigenvalue weighted by Crippen LogP contribution is 2.16. The van der Waals surface area contributed by atoms with Gasteiger partial charge in [0.15, 0.2) is 6.61 Å². The summed E-state index contributed by atoms with van der Waals surface area (Å²) in [6, 6.07) is 5.72. The number of hydrogen-bond acceptors (Lipinski definition) is 5. The Balaban J connectivity index is 2.30. The van der Waals surface area contributed by atoms with Crippen molar-refractivity contribution in [3.05, 3.63) is 24.3 Å². The van der Waals surface area contributed by atoms with Crippen molar-refractivity contribution in [3.8, 4) is 11.5 Å². The zero-order valence-corrected chi connectivity index (χ0v) is 13.0. The fourth-order valence-electron chi connectivity index (χ4n) is 1.63. The first-order valence-corrected chi connectivity index (χ1v) is 7.02. The average Bonchev–Trinajstić information content (AvgIpc) is 2.56. The van der Waals surface area contributed by atoms with Crippen LogP contribution in [0.5, 0.6) is 11.5 Å². The Morgan fingerprint density at radius 2 is 1.74 bits per heavy atom. The van der Waals surface area contributed by atoms with E-state index in [9.17, 15) is 14.4 Å². The van der Waals surface area contributed by atoms with Crippen LogP contribution in [0.4, 0.5) is 0 Å². The first-order valence-electron chi connectivity index (χ1n) is 7.02. The molecule has 0 spiro atoms. The van der Waals surface area contributed by atoms with E-state index in [1.165, 1.54) is 0 Å². The Labute approximate surface area is 133 Å². The molecule has 1 atom stereocenters. The Kier molecular flexibility index (Phi) is 7.38. The van der Waals surface area contributed by atoms with Crippen LogP contribution in [-0.2, 0) is 14.4 Å². The first-order chi connectivity index (χ1) is 11.0. The van der Waals surface area contributed by atoms with Gasteiger partial charge in [-0.1, -0.05) is 6.92 Å². The second-order valence-electron chi connectivity index (χ2n) is 4.61. The predicted molar refractivity (Wildman–Crippen MR) is 81.4 cm³/mol. The second kappa shape index (κ2) is 9.29. The van der Waals surface area contributed by atoms with E-state index < -0.39 is 23.8 Å². The summed E-state index contributed by atoms with van der Waals surface area (Å²) in [5, 5.41) is 13.5. The summed E-state index contributed by atoms with van der Waals surface area (Å²) in [6.07, 6.45) is 0.260. The van der Waals surface area contributed by atoms with Crippen LogP contribution in [0.25, 0.3) is 0 Å². The van der Waals surface area contributed by atoms with E-state index in [2.05, 4.69) is 10.6 Å². The molecule has 0 aliphatic rings. The van der Waals surface area contributed by atoms with Crippen molar-refractivity contribution in [1.29, 1.82) is 0 Å². The molecule has 0 aliphatic heterocycles. The van der Waals surface area contributed by atoms with E-state index in [0.717, 1.165) is 0 Å². The summed E-state index contributed by atoms with van der Waals surface area (Å²) in [7, 11) is 1.54. The average molecular weight is 324 g/mol. The lowest BCUT2D eigenvalue weighted by atomic mass is 10.2. The number of benzene rings is 1. The Morgan fingerprint density at radius 1 is 1.13 bits per heavy atom. The lowest BCUT2D eigenvalue weighted by molar-refractivity contribution is -0.141. The molecule has 8 nitrogen and oxygen atoms in total. The van der Waals surface area contributed by atoms with Crippen LogP contribution in [0.15, 0.2) is 24.3 Å². The second-order valence-corrected chi connectivity index (χ2v) is 4.61. The third-order valence-corrected chi connectivity index (χ3v) is 2.92. The van der Waals surface area contributed by atoms with E-state index in [-0.39, 0.29) is 19.6 Å². The van der Waals surface area contributed by atoms with Gasteiger partial charge in [0, 0.05) is 0 Å². The van der Waals surface area contributed by atoms with Crippen LogP contribution < -0.4 is 20.1 Å². The summed E-state index contributed by atoms with van der Waals surface area (Å²) < 4.78 is 10.2. The number of hydrogen-bond donors (Lipinski definition) is 3. The number of ether oxygens (including phenoxy) is 2. The number of carboxylic acid groups (broad SMARTS) is 1. The molecule has 1 aromatic carbocycles. The van der Waals surface area contributed by atoms with Crippen molar-refractivity contribution in [3.63, 3.8) is 0 Å². The number of carbonyl (C=O) groups is 3. The lowest BCUT2D eigenvalue weighted by Gasteiger charge is -2.12. The number of methoxy groups -OCH3 is 1. The maximum Gasteiger partial charge on any atom is 0.326 e. The van der Waals surface area contributed by atoms with E-state index in [4.69, 9.17) is 14.6 Å². The van der Waals surface area contributed by atoms with Crippen molar-refractivity contribution >= 4 is 17.8 Å². The molecule has 0 radical (unpaired) electrons. The van der Waals surface area contributed by atoms with E-state index in [1.807, 2.05) is 0 Å². The molecule has 0 saturated carbocycles. The third-order valence-electron chi connectivity index (χ3n) is 2.92. The topological polar surface area (TPSA) is 114 Å². The molecule has 0 heterocycles. The van der Waals surface area contributed by atoms with Crippen LogP contribution in [-0.4, -0.2) is 49.2 Å². The number of nitrogens with one attached hydrogen (secondary N) is 2. The molecule has 0 aromatic heterocycles. The lowest BCUT2D eigenvalue weighted by Crippen LogP contribution is -2.45. The van der Waals surface area contributed by atoms with Gasteiger partial charge in [0.25, 0.3) is 5.91 Å². The first kappa shape index (κ1) is 18.3. The fourth-order valence-corrected chi connectivity index (χ4v) is 1.63. The van der Waals surface area contributed by atoms with Crippen molar-refractivity contribution in [2.45, 2.75) is 19.4 Å². The number of carboxylic acids is 1. The molecular weight excluding hydrogens is 304 g/mol. The minimum absolute atomic E-state index is 0.254. The molecule has 126 valence electrons. The van der Waals surface area contributed by atoms with Crippen LogP contribution in [0.3, 0.4) is 0 Å². The molecule has 8 heteroatoms. The van der Waals surface area contributed by atoms with Crippen LogP contribution >= 0.6 is 0 Å². The fraction of sp³-hybridized carbons (Fsp3) is 0.400. The SMILES string of the molecule is CCC(NC(=O)CNC(=O)COc1ccc(OC)cc1)C(=O)O. The zero-order chi connectivity index (χ0) is 17.2. The normalized spacial score (nSPS) is 11.2. The molecule has 3 N–H and O–H groups in total. The molecule has 23 heavy (non-hydrogen) atoms. The zero-order valence-electron chi connectivity index (χ0n) is 13.0. The summed E-state index contributed by atoms with van der Waals surface area (Å²) in [5.74, 6) is -1.02. The molecular formula is C15H20N2O6. The standard InChI is InChI=1S/C15H20N2O6/c1-3-12(15(20)21)17-13(18)8-16-14(19)9-23-11-6-4-10(22-2)5-7-11/h4-7,12H,3,8-9H2,1-2H3,(H,16,19)(H,17,18)(H,20,21). The monoisotopic (exact) mass is 324 g/mol. The summed E-state index contributed by atoms with van der Waals surface area (Å²) >= 11 is 0. The number of aliphatic carboxylic acids is 1. The largest absolute Gasteiger partial charge is 0.497 e. The predicted octanol–water partition coefficient (Wildman–Crippen LogP) is 0.170. The third kappa shape index (κ3) is 6.68. The number of rotatable bonds is 9. The van der Waals surface area contributed by atoms with Gasteiger partial charge in [-0.25, -0.2) is 4.79 Å². The Morgan fingerprint density at radius 3 is 2.26 bits per heavy atom. The van der Waals surface area contributed by atoms with Crippen LogP contribution in [0, 0.1) is 0 Å². The highest BCUT2D eigenvalue weighted by molar-refractivity contribution is 5.88. The maximum atomic E-state index is 11.6. The van der Waals surface area contributed by atoms with Gasteiger partial charge in [-0.3, -0.25) is 9.59 Å². The molecule has 0 aliphatic carbocycles. The van der Waals surface area contributed by atoms with Crippen molar-refractivity contribution in [2.24, 2.45) is 0 Å². The number of carbonyl (C=O) groups excluding carboxylic acids is 2. The summed E-state index contributed by atoms with van der Waals surface area (Å²) in [6.45, 7) is 1.07. The van der Waals surface area contributed by atoms with Crippen molar-refractivity contribution in [1.82, 2.24) is 10.6 Å². The Bertz CT molecular complexity index is 543. The van der Waals surface area contributed by atoms with Gasteiger partial charge in [-0.05, 0) is 30.7 Å². The molecule has 1 rings (SSSR count). The van der Waals surface area contributed by atoms with Gasteiger partial charge in [0.1, 0.15) is 17.5 Å². The minimum Gasteiger partial charge on any atom is -0.497 e.